The van der Waals surface area contributed by atoms with Crippen LogP contribution in [0.3, 0.4) is 0 Å². The topological polar surface area (TPSA) is 90.7 Å². The van der Waals surface area contributed by atoms with E-state index in [2.05, 4.69) is 10.6 Å². The van der Waals surface area contributed by atoms with E-state index in [0.717, 1.165) is 6.07 Å². The molecule has 1 aliphatic heterocycles. The lowest BCUT2D eigenvalue weighted by molar-refractivity contribution is -0.139. The second-order valence-electron chi connectivity index (χ2n) is 10.1. The molecule has 1 heterocycles. The first-order chi connectivity index (χ1) is 18.1. The Labute approximate surface area is 228 Å². The van der Waals surface area contributed by atoms with Crippen molar-refractivity contribution in [3.05, 3.63) is 58.1 Å². The zero-order chi connectivity index (χ0) is 29.1. The summed E-state index contributed by atoms with van der Waals surface area (Å²) in [5.41, 5.74) is 4.54. The summed E-state index contributed by atoms with van der Waals surface area (Å²) in [5, 5.41) is 5.36. The number of piperazine rings is 1. The molecule has 7 nitrogen and oxygen atoms in total. The molecule has 1 atom stereocenters. The summed E-state index contributed by atoms with van der Waals surface area (Å²) < 4.78 is 67.6. The highest BCUT2D eigenvalue weighted by Crippen LogP contribution is 2.32. The van der Waals surface area contributed by atoms with Crippen molar-refractivity contribution in [2.24, 2.45) is 5.73 Å². The van der Waals surface area contributed by atoms with Crippen molar-refractivity contribution < 1.29 is 31.5 Å². The Morgan fingerprint density at radius 3 is 2.41 bits per heavy atom. The lowest BCUT2D eigenvalue weighted by Gasteiger charge is -2.41. The van der Waals surface area contributed by atoms with E-state index in [-0.39, 0.29) is 30.4 Å². The Kier molecular flexibility index (Phi) is 9.45. The number of nitrogens with one attached hydrogen (secondary N) is 2. The second kappa shape index (κ2) is 12.1. The number of carbonyl (C=O) groups is 2. The van der Waals surface area contributed by atoms with Crippen molar-refractivity contribution in [1.82, 2.24) is 10.2 Å². The van der Waals surface area contributed by atoms with Crippen molar-refractivity contribution in [3.8, 4) is 0 Å². The largest absolute Gasteiger partial charge is 0.390 e. The smallest absolute Gasteiger partial charge is 0.367 e. The Morgan fingerprint density at radius 2 is 1.79 bits per heavy atom. The number of carbonyl (C=O) groups excluding carboxylic acids is 2. The molecule has 0 radical (unpaired) electrons. The van der Waals surface area contributed by atoms with Gasteiger partial charge in [0.15, 0.2) is 11.6 Å². The number of rotatable bonds is 8. The number of anilines is 2. The van der Waals surface area contributed by atoms with Crippen LogP contribution in [0.4, 0.5) is 33.3 Å². The Hall–Kier alpha value is -2.96. The van der Waals surface area contributed by atoms with Crippen molar-refractivity contribution in [2.75, 3.05) is 36.4 Å². The van der Waals surface area contributed by atoms with Crippen LogP contribution in [0.1, 0.15) is 43.1 Å². The van der Waals surface area contributed by atoms with E-state index in [0.29, 0.717) is 30.3 Å². The van der Waals surface area contributed by atoms with Crippen LogP contribution >= 0.6 is 11.6 Å². The summed E-state index contributed by atoms with van der Waals surface area (Å²) in [6, 6.07) is 6.72. The number of nitrogens with zero attached hydrogens (tertiary/aromatic N) is 2. The fourth-order valence-electron chi connectivity index (χ4n) is 4.18. The monoisotopic (exact) mass is 575 g/mol. The van der Waals surface area contributed by atoms with Gasteiger partial charge in [0.05, 0.1) is 28.9 Å². The minimum atomic E-state index is -4.25. The Balaban J connectivity index is 1.74. The van der Waals surface area contributed by atoms with Crippen LogP contribution in [0.25, 0.3) is 0 Å². The molecule has 0 saturated carbocycles. The van der Waals surface area contributed by atoms with Gasteiger partial charge in [0.25, 0.3) is 5.91 Å². The molecule has 0 bridgehead atoms. The molecule has 2 amide bonds. The molecule has 13 heteroatoms. The van der Waals surface area contributed by atoms with Gasteiger partial charge < -0.3 is 21.3 Å². The maximum Gasteiger partial charge on any atom is 0.390 e. The van der Waals surface area contributed by atoms with Gasteiger partial charge in [-0.25, -0.2) is 8.78 Å². The number of hydrogen-bond donors (Lipinski definition) is 3. The molecule has 39 heavy (non-hydrogen) atoms. The molecule has 0 unspecified atom stereocenters. The number of nitrogens with two attached hydrogens (primary N) is 1. The number of halogens is 6. The third-order valence-corrected chi connectivity index (χ3v) is 6.66. The van der Waals surface area contributed by atoms with Crippen molar-refractivity contribution in [1.29, 1.82) is 0 Å². The van der Waals surface area contributed by atoms with Crippen molar-refractivity contribution in [2.45, 2.75) is 51.5 Å². The van der Waals surface area contributed by atoms with E-state index in [1.165, 1.54) is 32.0 Å². The molecular formula is C26H31ClF5N5O2. The third-order valence-electron chi connectivity index (χ3n) is 6.43. The quantitative estimate of drug-likeness (QED) is 0.398. The average molecular weight is 576 g/mol. The van der Waals surface area contributed by atoms with Gasteiger partial charge in [0.2, 0.25) is 5.91 Å². The highest BCUT2D eigenvalue weighted by molar-refractivity contribution is 6.31. The predicted octanol–water partition coefficient (Wildman–Crippen LogP) is 4.69. The van der Waals surface area contributed by atoms with E-state index in [1.54, 1.807) is 11.0 Å². The standard InChI is InChI=1S/C26H31ClF5N5O2/c1-15-14-37(11-10-36(15)9-8-26(30,31)32)20-12-17(27)5-7-19(20)35-23(38)18-6-4-16(21(28)22(18)29)13-34-24(39)25(2,3)33/h4-7,12,15H,8-11,13-14,33H2,1-3H3,(H,34,39)(H,35,38)/t15-/m1/s1. The van der Waals surface area contributed by atoms with Crippen LogP contribution in [0, 0.1) is 11.6 Å². The van der Waals surface area contributed by atoms with Gasteiger partial charge in [0, 0.05) is 49.4 Å². The zero-order valence-corrected chi connectivity index (χ0v) is 22.5. The van der Waals surface area contributed by atoms with E-state index in [9.17, 15) is 31.5 Å². The van der Waals surface area contributed by atoms with Crippen LogP contribution in [-0.2, 0) is 11.3 Å². The molecule has 0 aliphatic carbocycles. The summed E-state index contributed by atoms with van der Waals surface area (Å²) in [7, 11) is 0. The number of hydrogen-bond acceptors (Lipinski definition) is 5. The summed E-state index contributed by atoms with van der Waals surface area (Å²) >= 11 is 6.18. The van der Waals surface area contributed by atoms with E-state index in [4.69, 9.17) is 17.3 Å². The highest BCUT2D eigenvalue weighted by atomic mass is 35.5. The fourth-order valence-corrected chi connectivity index (χ4v) is 4.35. The van der Waals surface area contributed by atoms with Crippen LogP contribution in [0.2, 0.25) is 5.02 Å². The highest BCUT2D eigenvalue weighted by Gasteiger charge is 2.32. The summed E-state index contributed by atoms with van der Waals surface area (Å²) in [6.45, 7) is 5.39. The Bertz CT molecular complexity index is 1220. The maximum absolute atomic E-state index is 14.9. The molecule has 0 spiro atoms. The van der Waals surface area contributed by atoms with Gasteiger partial charge in [-0.15, -0.1) is 0 Å². The molecular weight excluding hydrogens is 545 g/mol. The molecule has 2 aromatic carbocycles. The van der Waals surface area contributed by atoms with Gasteiger partial charge in [-0.05, 0) is 45.0 Å². The lowest BCUT2D eigenvalue weighted by atomic mass is 10.1. The maximum atomic E-state index is 14.9. The lowest BCUT2D eigenvalue weighted by Crippen LogP contribution is -2.52. The third kappa shape index (κ3) is 8.02. The molecule has 0 aromatic heterocycles. The zero-order valence-electron chi connectivity index (χ0n) is 21.8. The summed E-state index contributed by atoms with van der Waals surface area (Å²) in [5.74, 6) is -4.13. The van der Waals surface area contributed by atoms with Crippen LogP contribution in [0.15, 0.2) is 30.3 Å². The predicted molar refractivity (Wildman–Crippen MR) is 140 cm³/mol. The molecule has 1 fully saturated rings. The SMILES string of the molecule is C[C@@H]1CN(c2cc(Cl)ccc2NC(=O)c2ccc(CNC(=O)C(C)(C)N)c(F)c2F)CCN1CCC(F)(F)F. The molecule has 3 rings (SSSR count). The van der Waals surface area contributed by atoms with Gasteiger partial charge in [0.1, 0.15) is 0 Å². The molecule has 1 saturated heterocycles. The minimum Gasteiger partial charge on any atom is -0.367 e. The van der Waals surface area contributed by atoms with Gasteiger partial charge in [-0.3, -0.25) is 14.5 Å². The first-order valence-electron chi connectivity index (χ1n) is 12.3. The van der Waals surface area contributed by atoms with E-state index < -0.39 is 47.1 Å². The Morgan fingerprint density at radius 1 is 1.10 bits per heavy atom. The molecule has 2 aromatic rings. The van der Waals surface area contributed by atoms with Crippen LogP contribution in [0.5, 0.6) is 0 Å². The van der Waals surface area contributed by atoms with Crippen molar-refractivity contribution in [3.63, 3.8) is 0 Å². The molecule has 4 N–H and O–H groups in total. The summed E-state index contributed by atoms with van der Waals surface area (Å²) in [6.07, 6.45) is -5.16. The second-order valence-corrected chi connectivity index (χ2v) is 10.6. The fraction of sp³-hybridized carbons (Fsp3) is 0.462. The molecule has 1 aliphatic rings. The van der Waals surface area contributed by atoms with Crippen LogP contribution in [-0.4, -0.2) is 60.7 Å². The number of alkyl halides is 3. The first-order valence-corrected chi connectivity index (χ1v) is 12.7. The number of amides is 2. The van der Waals surface area contributed by atoms with Gasteiger partial charge in [-0.2, -0.15) is 13.2 Å². The normalized spacial score (nSPS) is 16.8. The van der Waals surface area contributed by atoms with E-state index in [1.807, 2.05) is 11.8 Å². The van der Waals surface area contributed by atoms with Crippen LogP contribution < -0.4 is 21.3 Å². The van der Waals surface area contributed by atoms with Gasteiger partial charge >= 0.3 is 6.18 Å². The average Bonchev–Trinajstić information content (AvgIpc) is 2.83. The summed E-state index contributed by atoms with van der Waals surface area (Å²) in [4.78, 5) is 28.5. The molecule has 214 valence electrons. The van der Waals surface area contributed by atoms with E-state index >= 15 is 0 Å². The van der Waals surface area contributed by atoms with Gasteiger partial charge in [-0.1, -0.05) is 17.7 Å². The first kappa shape index (κ1) is 30.6. The minimum absolute atomic E-state index is 0.119. The van der Waals surface area contributed by atoms with Crippen molar-refractivity contribution >= 4 is 34.8 Å². The number of benzene rings is 2.